The Morgan fingerprint density at radius 2 is 2.35 bits per heavy atom. The van der Waals surface area contributed by atoms with Crippen molar-refractivity contribution in [3.05, 3.63) is 23.8 Å². The minimum Gasteiger partial charge on any atom is -0.495 e. The van der Waals surface area contributed by atoms with E-state index in [2.05, 4.69) is 17.0 Å². The molecule has 1 aliphatic heterocycles. The zero-order valence-corrected chi connectivity index (χ0v) is 10.3. The molecule has 2 rings (SSSR count). The van der Waals surface area contributed by atoms with Gasteiger partial charge in [-0.25, -0.2) is 0 Å². The monoisotopic (exact) mass is 237 g/mol. The summed E-state index contributed by atoms with van der Waals surface area (Å²) in [6.07, 6.45) is -0.102. The van der Waals surface area contributed by atoms with Gasteiger partial charge in [-0.15, -0.1) is 0 Å². The largest absolute Gasteiger partial charge is 0.495 e. The van der Waals surface area contributed by atoms with E-state index in [1.54, 1.807) is 7.11 Å². The topological polar surface area (TPSA) is 41.9 Å². The number of hydrogen-bond donors (Lipinski definition) is 1. The van der Waals surface area contributed by atoms with Gasteiger partial charge in [0.25, 0.3) is 0 Å². The molecule has 4 heteroatoms. The van der Waals surface area contributed by atoms with Crippen LogP contribution in [0.2, 0.25) is 0 Å². The molecule has 0 bridgehead atoms. The van der Waals surface area contributed by atoms with E-state index in [0.717, 1.165) is 18.0 Å². The minimum absolute atomic E-state index is 0.0602. The van der Waals surface area contributed by atoms with E-state index in [1.807, 2.05) is 13.0 Å². The van der Waals surface area contributed by atoms with E-state index in [4.69, 9.17) is 14.6 Å². The number of morpholine rings is 1. The Bertz CT molecular complexity index is 381. The van der Waals surface area contributed by atoms with E-state index < -0.39 is 0 Å². The van der Waals surface area contributed by atoms with Crippen molar-refractivity contribution in [2.75, 3.05) is 38.3 Å². The van der Waals surface area contributed by atoms with E-state index in [1.165, 1.54) is 5.56 Å². The lowest BCUT2D eigenvalue weighted by Crippen LogP contribution is -2.44. The van der Waals surface area contributed by atoms with Gasteiger partial charge in [-0.2, -0.15) is 0 Å². The average Bonchev–Trinajstić information content (AvgIpc) is 2.38. The van der Waals surface area contributed by atoms with Gasteiger partial charge in [0.15, 0.2) is 0 Å². The minimum atomic E-state index is -0.102. The van der Waals surface area contributed by atoms with Crippen molar-refractivity contribution in [1.29, 1.82) is 0 Å². The molecule has 1 N–H and O–H groups in total. The Hall–Kier alpha value is -1.26. The first-order valence-electron chi connectivity index (χ1n) is 5.86. The van der Waals surface area contributed by atoms with Crippen LogP contribution in [0, 0.1) is 6.92 Å². The van der Waals surface area contributed by atoms with Gasteiger partial charge >= 0.3 is 0 Å². The number of nitrogens with zero attached hydrogens (tertiary/aromatic N) is 1. The number of aryl methyl sites for hydroxylation is 1. The van der Waals surface area contributed by atoms with Crippen LogP contribution in [0.25, 0.3) is 0 Å². The summed E-state index contributed by atoms with van der Waals surface area (Å²) in [5.74, 6) is 0.878. The van der Waals surface area contributed by atoms with Gasteiger partial charge in [-0.3, -0.25) is 0 Å². The Kier molecular flexibility index (Phi) is 3.86. The van der Waals surface area contributed by atoms with Crippen molar-refractivity contribution in [2.45, 2.75) is 13.0 Å². The smallest absolute Gasteiger partial charge is 0.142 e. The normalized spacial score (nSPS) is 20.4. The first-order valence-corrected chi connectivity index (χ1v) is 5.86. The third-order valence-corrected chi connectivity index (χ3v) is 3.02. The molecule has 1 unspecified atom stereocenters. The molecule has 1 saturated heterocycles. The first kappa shape index (κ1) is 12.2. The SMILES string of the molecule is COc1cc(C)ccc1N1CCOC(CO)C1. The summed E-state index contributed by atoms with van der Waals surface area (Å²) >= 11 is 0. The summed E-state index contributed by atoms with van der Waals surface area (Å²) < 4.78 is 10.8. The van der Waals surface area contributed by atoms with Crippen LogP contribution in [-0.4, -0.2) is 44.6 Å². The number of aliphatic hydroxyl groups is 1. The van der Waals surface area contributed by atoms with Gasteiger partial charge in [0.1, 0.15) is 5.75 Å². The highest BCUT2D eigenvalue weighted by molar-refractivity contribution is 5.60. The summed E-state index contributed by atoms with van der Waals surface area (Å²) in [5.41, 5.74) is 2.25. The van der Waals surface area contributed by atoms with Crippen LogP contribution in [-0.2, 0) is 4.74 Å². The Balaban J connectivity index is 2.20. The van der Waals surface area contributed by atoms with Crippen LogP contribution in [0.4, 0.5) is 5.69 Å². The lowest BCUT2D eigenvalue weighted by Gasteiger charge is -2.34. The molecule has 1 aromatic carbocycles. The second-order valence-electron chi connectivity index (χ2n) is 4.30. The maximum absolute atomic E-state index is 9.14. The van der Waals surface area contributed by atoms with E-state index in [0.29, 0.717) is 13.2 Å². The molecule has 1 heterocycles. The molecular formula is C13H19NO3. The molecule has 0 spiro atoms. The Labute approximate surface area is 102 Å². The van der Waals surface area contributed by atoms with Crippen molar-refractivity contribution in [3.63, 3.8) is 0 Å². The Morgan fingerprint density at radius 1 is 1.53 bits per heavy atom. The molecule has 94 valence electrons. The molecule has 1 aliphatic rings. The molecule has 0 saturated carbocycles. The lowest BCUT2D eigenvalue weighted by molar-refractivity contribution is 0.00347. The predicted octanol–water partition coefficient (Wildman–Crippen LogP) is 1.20. The van der Waals surface area contributed by atoms with Crippen LogP contribution in [0.3, 0.4) is 0 Å². The number of aliphatic hydroxyl groups excluding tert-OH is 1. The molecule has 0 radical (unpaired) electrons. The van der Waals surface area contributed by atoms with Gasteiger partial charge in [-0.1, -0.05) is 6.07 Å². The van der Waals surface area contributed by atoms with Gasteiger partial charge in [0.05, 0.1) is 32.1 Å². The van der Waals surface area contributed by atoms with Gasteiger partial charge < -0.3 is 19.5 Å². The maximum Gasteiger partial charge on any atom is 0.142 e. The van der Waals surface area contributed by atoms with Crippen molar-refractivity contribution >= 4 is 5.69 Å². The van der Waals surface area contributed by atoms with Gasteiger partial charge in [0.2, 0.25) is 0 Å². The molecule has 0 aromatic heterocycles. The van der Waals surface area contributed by atoms with Gasteiger partial charge in [-0.05, 0) is 24.6 Å². The summed E-state index contributed by atoms with van der Waals surface area (Å²) in [6, 6.07) is 6.16. The fourth-order valence-electron chi connectivity index (χ4n) is 2.09. The van der Waals surface area contributed by atoms with Crippen LogP contribution >= 0.6 is 0 Å². The Morgan fingerprint density at radius 3 is 3.06 bits per heavy atom. The van der Waals surface area contributed by atoms with Crippen LogP contribution < -0.4 is 9.64 Å². The second kappa shape index (κ2) is 5.38. The number of benzene rings is 1. The lowest BCUT2D eigenvalue weighted by atomic mass is 10.1. The molecule has 0 amide bonds. The predicted molar refractivity (Wildman–Crippen MR) is 66.8 cm³/mol. The fraction of sp³-hybridized carbons (Fsp3) is 0.538. The van der Waals surface area contributed by atoms with Crippen LogP contribution in [0.5, 0.6) is 5.75 Å². The molecule has 4 nitrogen and oxygen atoms in total. The summed E-state index contributed by atoms with van der Waals surface area (Å²) in [7, 11) is 1.68. The molecule has 1 fully saturated rings. The maximum atomic E-state index is 9.14. The number of methoxy groups -OCH3 is 1. The standard InChI is InChI=1S/C13H19NO3/c1-10-3-4-12(13(7-10)16-2)14-5-6-17-11(8-14)9-15/h3-4,7,11,15H,5-6,8-9H2,1-2H3. The molecular weight excluding hydrogens is 218 g/mol. The summed E-state index contributed by atoms with van der Waals surface area (Å²) in [5, 5.41) is 9.14. The molecule has 0 aliphatic carbocycles. The van der Waals surface area contributed by atoms with Crippen LogP contribution in [0.15, 0.2) is 18.2 Å². The number of ether oxygens (including phenoxy) is 2. The van der Waals surface area contributed by atoms with Crippen molar-refractivity contribution < 1.29 is 14.6 Å². The second-order valence-corrected chi connectivity index (χ2v) is 4.30. The van der Waals surface area contributed by atoms with E-state index >= 15 is 0 Å². The number of anilines is 1. The third kappa shape index (κ3) is 2.70. The average molecular weight is 237 g/mol. The summed E-state index contributed by atoms with van der Waals surface area (Å²) in [6.45, 7) is 4.28. The van der Waals surface area contributed by atoms with E-state index in [-0.39, 0.29) is 12.7 Å². The van der Waals surface area contributed by atoms with E-state index in [9.17, 15) is 0 Å². The first-order chi connectivity index (χ1) is 8.24. The molecule has 1 atom stereocenters. The number of hydrogen-bond acceptors (Lipinski definition) is 4. The molecule has 1 aromatic rings. The number of rotatable bonds is 3. The quantitative estimate of drug-likeness (QED) is 0.857. The highest BCUT2D eigenvalue weighted by Gasteiger charge is 2.22. The third-order valence-electron chi connectivity index (χ3n) is 3.02. The van der Waals surface area contributed by atoms with Gasteiger partial charge in [0, 0.05) is 13.1 Å². The zero-order valence-electron chi connectivity index (χ0n) is 10.3. The van der Waals surface area contributed by atoms with Crippen molar-refractivity contribution in [1.82, 2.24) is 0 Å². The van der Waals surface area contributed by atoms with Crippen molar-refractivity contribution in [2.24, 2.45) is 0 Å². The highest BCUT2D eigenvalue weighted by Crippen LogP contribution is 2.30. The fourth-order valence-corrected chi connectivity index (χ4v) is 2.09. The zero-order chi connectivity index (χ0) is 12.3. The summed E-state index contributed by atoms with van der Waals surface area (Å²) in [4.78, 5) is 2.20. The van der Waals surface area contributed by atoms with Crippen LogP contribution in [0.1, 0.15) is 5.56 Å². The molecule has 17 heavy (non-hydrogen) atoms. The van der Waals surface area contributed by atoms with Crippen molar-refractivity contribution in [3.8, 4) is 5.75 Å². The highest BCUT2D eigenvalue weighted by atomic mass is 16.5.